The zero-order valence-electron chi connectivity index (χ0n) is 12.6. The summed E-state index contributed by atoms with van der Waals surface area (Å²) in [5, 5.41) is 0. The summed E-state index contributed by atoms with van der Waals surface area (Å²) in [5.41, 5.74) is 8.72. The van der Waals surface area contributed by atoms with Crippen molar-refractivity contribution in [2.75, 3.05) is 20.2 Å². The van der Waals surface area contributed by atoms with Gasteiger partial charge in [-0.2, -0.15) is 0 Å². The van der Waals surface area contributed by atoms with Crippen LogP contribution in [0.2, 0.25) is 0 Å². The van der Waals surface area contributed by atoms with Gasteiger partial charge in [-0.3, -0.25) is 4.90 Å². The molecular weight excluding hydrogens is 252 g/mol. The van der Waals surface area contributed by atoms with Crippen molar-refractivity contribution < 1.29 is 9.47 Å². The van der Waals surface area contributed by atoms with E-state index in [9.17, 15) is 0 Å². The Kier molecular flexibility index (Phi) is 3.61. The summed E-state index contributed by atoms with van der Waals surface area (Å²) in [6, 6.07) is 4.68. The zero-order valence-corrected chi connectivity index (χ0v) is 12.6. The average Bonchev–Trinajstić information content (AvgIpc) is 2.91. The molecule has 0 saturated carbocycles. The molecule has 1 fully saturated rings. The summed E-state index contributed by atoms with van der Waals surface area (Å²) < 4.78 is 11.8. The Morgan fingerprint density at radius 1 is 1.45 bits per heavy atom. The van der Waals surface area contributed by atoms with Gasteiger partial charge in [-0.25, -0.2) is 0 Å². The van der Waals surface area contributed by atoms with Crippen molar-refractivity contribution in [3.05, 3.63) is 23.3 Å². The van der Waals surface area contributed by atoms with Gasteiger partial charge in [-0.15, -0.1) is 0 Å². The van der Waals surface area contributed by atoms with Crippen molar-refractivity contribution in [3.8, 4) is 11.5 Å². The number of hydrogen-bond donors (Lipinski definition) is 1. The van der Waals surface area contributed by atoms with Crippen molar-refractivity contribution in [3.63, 3.8) is 0 Å². The largest absolute Gasteiger partial charge is 0.494 e. The van der Waals surface area contributed by atoms with E-state index in [0.29, 0.717) is 6.61 Å². The number of nitrogens with two attached hydrogens (primary N) is 1. The van der Waals surface area contributed by atoms with Gasteiger partial charge in [0.2, 0.25) is 0 Å². The van der Waals surface area contributed by atoms with Gasteiger partial charge in [0, 0.05) is 30.1 Å². The van der Waals surface area contributed by atoms with Crippen LogP contribution in [0.25, 0.3) is 0 Å². The topological polar surface area (TPSA) is 47.7 Å². The molecule has 3 unspecified atom stereocenters. The smallest absolute Gasteiger partial charge is 0.124 e. The second-order valence-electron chi connectivity index (χ2n) is 5.94. The van der Waals surface area contributed by atoms with Crippen LogP contribution in [0.15, 0.2) is 12.1 Å². The molecule has 1 aromatic carbocycles. The summed E-state index contributed by atoms with van der Waals surface area (Å²) >= 11 is 0. The van der Waals surface area contributed by atoms with E-state index in [1.807, 2.05) is 6.92 Å². The van der Waals surface area contributed by atoms with E-state index >= 15 is 0 Å². The minimum absolute atomic E-state index is 0.163. The van der Waals surface area contributed by atoms with Crippen LogP contribution >= 0.6 is 0 Å². The second-order valence-corrected chi connectivity index (χ2v) is 5.94. The third-order valence-corrected chi connectivity index (χ3v) is 4.34. The fraction of sp³-hybridized carbons (Fsp3) is 0.625. The molecule has 0 bridgehead atoms. The molecule has 2 aliphatic heterocycles. The van der Waals surface area contributed by atoms with Gasteiger partial charge in [-0.1, -0.05) is 0 Å². The average molecular weight is 276 g/mol. The third kappa shape index (κ3) is 2.27. The van der Waals surface area contributed by atoms with E-state index in [1.165, 1.54) is 11.1 Å². The summed E-state index contributed by atoms with van der Waals surface area (Å²) in [7, 11) is 2.13. The Balaban J connectivity index is 2.02. The molecule has 0 radical (unpaired) electrons. The SMILES string of the molecule is CCOc1cc2c(cc1C1C(N)CCN1C)OC(C)C2. The summed E-state index contributed by atoms with van der Waals surface area (Å²) in [4.78, 5) is 2.31. The molecular formula is C16H24N2O2. The number of rotatable bonds is 3. The quantitative estimate of drug-likeness (QED) is 0.918. The van der Waals surface area contributed by atoms with Crippen molar-refractivity contribution in [2.24, 2.45) is 5.73 Å². The first-order chi connectivity index (χ1) is 9.60. The highest BCUT2D eigenvalue weighted by atomic mass is 16.5. The van der Waals surface area contributed by atoms with Gasteiger partial charge < -0.3 is 15.2 Å². The number of nitrogens with zero attached hydrogens (tertiary/aromatic N) is 1. The minimum atomic E-state index is 0.163. The lowest BCUT2D eigenvalue weighted by molar-refractivity contribution is 0.252. The van der Waals surface area contributed by atoms with Crippen molar-refractivity contribution >= 4 is 0 Å². The zero-order chi connectivity index (χ0) is 14.3. The number of likely N-dealkylation sites (tertiary alicyclic amines) is 1. The third-order valence-electron chi connectivity index (χ3n) is 4.34. The van der Waals surface area contributed by atoms with Crippen LogP contribution in [0.4, 0.5) is 0 Å². The van der Waals surface area contributed by atoms with Gasteiger partial charge in [-0.05, 0) is 39.4 Å². The highest BCUT2D eigenvalue weighted by molar-refractivity contribution is 5.50. The molecule has 1 saturated heterocycles. The van der Waals surface area contributed by atoms with Gasteiger partial charge in [0.15, 0.2) is 0 Å². The molecule has 4 heteroatoms. The monoisotopic (exact) mass is 276 g/mol. The first-order valence-corrected chi connectivity index (χ1v) is 7.52. The van der Waals surface area contributed by atoms with E-state index in [1.54, 1.807) is 0 Å². The molecule has 2 aliphatic rings. The number of ether oxygens (including phenoxy) is 2. The maximum Gasteiger partial charge on any atom is 0.124 e. The molecule has 0 amide bonds. The first-order valence-electron chi connectivity index (χ1n) is 7.52. The standard InChI is InChI=1S/C16H24N2O2/c1-4-19-15-8-11-7-10(2)20-14(11)9-12(15)16-13(17)5-6-18(16)3/h8-10,13,16H,4-7,17H2,1-3H3. The predicted octanol–water partition coefficient (Wildman–Crippen LogP) is 2.11. The Labute approximate surface area is 120 Å². The van der Waals surface area contributed by atoms with Crippen LogP contribution in [0.5, 0.6) is 11.5 Å². The molecule has 2 N–H and O–H groups in total. The van der Waals surface area contributed by atoms with Crippen molar-refractivity contribution in [1.29, 1.82) is 0 Å². The van der Waals surface area contributed by atoms with E-state index < -0.39 is 0 Å². The molecule has 110 valence electrons. The Hall–Kier alpha value is -1.26. The van der Waals surface area contributed by atoms with Gasteiger partial charge in [0.25, 0.3) is 0 Å². The maximum atomic E-state index is 6.30. The second kappa shape index (κ2) is 5.26. The minimum Gasteiger partial charge on any atom is -0.494 e. The molecule has 3 atom stereocenters. The van der Waals surface area contributed by atoms with Crippen LogP contribution in [-0.2, 0) is 6.42 Å². The van der Waals surface area contributed by atoms with Gasteiger partial charge in [0.05, 0.1) is 12.6 Å². The van der Waals surface area contributed by atoms with Crippen LogP contribution in [0.1, 0.15) is 37.4 Å². The number of likely N-dealkylation sites (N-methyl/N-ethyl adjacent to an activating group) is 1. The number of fused-ring (bicyclic) bond motifs is 1. The maximum absolute atomic E-state index is 6.30. The van der Waals surface area contributed by atoms with Crippen LogP contribution < -0.4 is 15.2 Å². The lowest BCUT2D eigenvalue weighted by Gasteiger charge is -2.26. The molecule has 3 rings (SSSR count). The van der Waals surface area contributed by atoms with Crippen LogP contribution in [-0.4, -0.2) is 37.2 Å². The number of benzene rings is 1. The molecule has 4 nitrogen and oxygen atoms in total. The fourth-order valence-corrected chi connectivity index (χ4v) is 3.41. The highest BCUT2D eigenvalue weighted by Gasteiger charge is 2.34. The normalized spacial score (nSPS) is 29.3. The van der Waals surface area contributed by atoms with E-state index in [2.05, 4.69) is 31.0 Å². The van der Waals surface area contributed by atoms with Crippen molar-refractivity contribution in [1.82, 2.24) is 4.90 Å². The van der Waals surface area contributed by atoms with Gasteiger partial charge in [0.1, 0.15) is 17.6 Å². The Morgan fingerprint density at radius 2 is 2.25 bits per heavy atom. The lowest BCUT2D eigenvalue weighted by Crippen LogP contribution is -2.30. The highest BCUT2D eigenvalue weighted by Crippen LogP contribution is 2.41. The molecule has 20 heavy (non-hydrogen) atoms. The summed E-state index contributed by atoms with van der Waals surface area (Å²) in [5.74, 6) is 1.97. The fourth-order valence-electron chi connectivity index (χ4n) is 3.41. The van der Waals surface area contributed by atoms with Crippen molar-refractivity contribution in [2.45, 2.75) is 44.9 Å². The molecule has 1 aromatic rings. The Morgan fingerprint density at radius 3 is 2.90 bits per heavy atom. The van der Waals surface area contributed by atoms with E-state index in [0.717, 1.165) is 30.9 Å². The molecule has 0 spiro atoms. The summed E-state index contributed by atoms with van der Waals surface area (Å²) in [6.07, 6.45) is 2.24. The van der Waals surface area contributed by atoms with E-state index in [4.69, 9.17) is 15.2 Å². The first kappa shape index (κ1) is 13.7. The molecule has 2 heterocycles. The molecule has 0 aliphatic carbocycles. The predicted molar refractivity (Wildman–Crippen MR) is 79.4 cm³/mol. The lowest BCUT2D eigenvalue weighted by atomic mass is 9.97. The van der Waals surface area contributed by atoms with E-state index in [-0.39, 0.29) is 18.2 Å². The van der Waals surface area contributed by atoms with Crippen LogP contribution in [0.3, 0.4) is 0 Å². The molecule has 0 aromatic heterocycles. The van der Waals surface area contributed by atoms with Gasteiger partial charge >= 0.3 is 0 Å². The number of hydrogen-bond acceptors (Lipinski definition) is 4. The Bertz CT molecular complexity index is 493. The summed E-state index contributed by atoms with van der Waals surface area (Å²) in [6.45, 7) is 5.83. The van der Waals surface area contributed by atoms with Crippen LogP contribution in [0, 0.1) is 0 Å².